The van der Waals surface area contributed by atoms with Gasteiger partial charge in [-0.15, -0.1) is 4.91 Å². The third-order valence-electron chi connectivity index (χ3n) is 2.53. The molecule has 0 saturated heterocycles. The van der Waals surface area contributed by atoms with Crippen molar-refractivity contribution in [3.8, 4) is 11.1 Å². The summed E-state index contributed by atoms with van der Waals surface area (Å²) in [4.78, 5) is 22.6. The van der Waals surface area contributed by atoms with Crippen molar-refractivity contribution in [2.45, 2.75) is 6.18 Å². The maximum atomic E-state index is 12.4. The number of carbonyl (C=O) groups is 1. The van der Waals surface area contributed by atoms with Crippen molar-refractivity contribution in [2.24, 2.45) is 5.34 Å². The fourth-order valence-electron chi connectivity index (χ4n) is 1.57. The molecule has 0 amide bonds. The second-order valence-corrected chi connectivity index (χ2v) is 3.92. The second kappa shape index (κ2) is 7.16. The molecule has 116 valence electrons. The van der Waals surface area contributed by atoms with Crippen LogP contribution in [0.2, 0.25) is 0 Å². The van der Waals surface area contributed by atoms with Crippen molar-refractivity contribution in [1.82, 2.24) is 4.98 Å². The zero-order valence-corrected chi connectivity index (χ0v) is 10.8. The van der Waals surface area contributed by atoms with E-state index in [1.807, 2.05) is 0 Å². The Bertz CT molecular complexity index is 657. The molecule has 22 heavy (non-hydrogen) atoms. The van der Waals surface area contributed by atoms with Crippen molar-refractivity contribution in [3.05, 3.63) is 58.8 Å². The highest BCUT2D eigenvalue weighted by Crippen LogP contribution is 2.30. The van der Waals surface area contributed by atoms with Gasteiger partial charge in [0.2, 0.25) is 0 Å². The monoisotopic (exact) mass is 314 g/mol. The summed E-state index contributed by atoms with van der Waals surface area (Å²) in [7, 11) is 0. The minimum Gasteiger partial charge on any atom is -0.478 e. The lowest BCUT2D eigenvalue weighted by atomic mass is 10.0. The van der Waals surface area contributed by atoms with Crippen LogP contribution in [-0.2, 0) is 6.18 Å². The van der Waals surface area contributed by atoms with Gasteiger partial charge in [-0.25, -0.2) is 4.79 Å². The number of halogens is 3. The molecule has 0 aliphatic carbocycles. The Kier molecular flexibility index (Phi) is 5.56. The van der Waals surface area contributed by atoms with Crippen LogP contribution in [0.25, 0.3) is 11.1 Å². The molecule has 2 rings (SSSR count). The molecule has 1 aromatic carbocycles. The van der Waals surface area contributed by atoms with Crippen LogP contribution < -0.4 is 0 Å². The number of rotatable bonds is 2. The molecule has 0 saturated carbocycles. The van der Waals surface area contributed by atoms with Gasteiger partial charge >= 0.3 is 12.1 Å². The van der Waals surface area contributed by atoms with Crippen LogP contribution in [0.15, 0.2) is 48.1 Å². The highest BCUT2D eigenvalue weighted by atomic mass is 19.4. The van der Waals surface area contributed by atoms with E-state index in [9.17, 15) is 18.0 Å². The van der Waals surface area contributed by atoms with Crippen molar-refractivity contribution < 1.29 is 28.3 Å². The van der Waals surface area contributed by atoms with E-state index in [1.54, 1.807) is 0 Å². The molecule has 0 atom stereocenters. The number of nitrogens with zero attached hydrogens (tertiary/aromatic N) is 2. The first-order valence-corrected chi connectivity index (χ1v) is 5.62. The standard InChI is InChI=1S/C13H8F3NO2.HNO2/c14-13(15,16)11-3-1-8(2-4-11)9-5-10(12(18)19)7-17-6-9;2-1-3/h1-7H,(H,18,19);(H,2,3). The summed E-state index contributed by atoms with van der Waals surface area (Å²) in [6.45, 7) is 0. The Morgan fingerprint density at radius 3 is 2.09 bits per heavy atom. The number of carboxylic acids is 1. The predicted molar refractivity (Wildman–Crippen MR) is 69.2 cm³/mol. The molecule has 2 aromatic rings. The zero-order chi connectivity index (χ0) is 16.8. The number of aromatic nitrogens is 1. The molecule has 0 spiro atoms. The number of benzene rings is 1. The van der Waals surface area contributed by atoms with E-state index in [2.05, 4.69) is 4.98 Å². The first kappa shape index (κ1) is 17.1. The minimum atomic E-state index is -4.39. The van der Waals surface area contributed by atoms with E-state index < -0.39 is 17.7 Å². The van der Waals surface area contributed by atoms with E-state index in [0.717, 1.165) is 12.1 Å². The minimum absolute atomic E-state index is 0.0163. The summed E-state index contributed by atoms with van der Waals surface area (Å²) < 4.78 is 37.2. The summed E-state index contributed by atoms with van der Waals surface area (Å²) in [5.74, 6) is -1.14. The molecule has 2 N–H and O–H groups in total. The molecule has 1 heterocycles. The number of alkyl halides is 3. The molecule has 0 aliphatic heterocycles. The van der Waals surface area contributed by atoms with Gasteiger partial charge in [-0.05, 0) is 23.8 Å². The second-order valence-electron chi connectivity index (χ2n) is 3.92. The number of hydrogen-bond donors (Lipinski definition) is 2. The van der Waals surface area contributed by atoms with Crippen LogP contribution in [0.5, 0.6) is 0 Å². The molecule has 0 aliphatic rings. The lowest BCUT2D eigenvalue weighted by Gasteiger charge is -2.07. The van der Waals surface area contributed by atoms with Crippen molar-refractivity contribution >= 4 is 5.97 Å². The molecule has 9 heteroatoms. The topological polar surface area (TPSA) is 99.8 Å². The largest absolute Gasteiger partial charge is 0.478 e. The smallest absolute Gasteiger partial charge is 0.416 e. The van der Waals surface area contributed by atoms with E-state index in [1.165, 1.54) is 35.9 Å². The van der Waals surface area contributed by atoms with Crippen LogP contribution in [0.3, 0.4) is 0 Å². The van der Waals surface area contributed by atoms with Gasteiger partial charge in [0.1, 0.15) is 0 Å². The molecular formula is C13H9F3N2O4. The van der Waals surface area contributed by atoms with E-state index in [0.29, 0.717) is 11.1 Å². The first-order valence-electron chi connectivity index (χ1n) is 5.62. The Morgan fingerprint density at radius 1 is 1.09 bits per heavy atom. The van der Waals surface area contributed by atoms with E-state index in [4.69, 9.17) is 15.2 Å². The summed E-state index contributed by atoms with van der Waals surface area (Å²) in [6.07, 6.45) is -1.81. The van der Waals surface area contributed by atoms with Gasteiger partial charge in [0.05, 0.1) is 11.1 Å². The van der Waals surface area contributed by atoms with Crippen molar-refractivity contribution in [2.75, 3.05) is 0 Å². The molecule has 0 fully saturated rings. The average Bonchev–Trinajstić information content (AvgIpc) is 2.47. The summed E-state index contributed by atoms with van der Waals surface area (Å²) >= 11 is 0. The highest BCUT2D eigenvalue weighted by molar-refractivity contribution is 5.88. The highest BCUT2D eigenvalue weighted by Gasteiger charge is 2.29. The lowest BCUT2D eigenvalue weighted by Crippen LogP contribution is -2.04. The third-order valence-corrected chi connectivity index (χ3v) is 2.53. The Labute approximate surface area is 121 Å². The third kappa shape index (κ3) is 4.54. The fraction of sp³-hybridized carbons (Fsp3) is 0.0769. The zero-order valence-electron chi connectivity index (χ0n) is 10.8. The maximum absolute atomic E-state index is 12.4. The van der Waals surface area contributed by atoms with Gasteiger partial charge in [0, 0.05) is 18.0 Å². The van der Waals surface area contributed by atoms with Gasteiger partial charge in [-0.2, -0.15) is 13.2 Å². The van der Waals surface area contributed by atoms with Crippen LogP contribution in [0, 0.1) is 4.91 Å². The van der Waals surface area contributed by atoms with Crippen LogP contribution in [0.4, 0.5) is 13.2 Å². The van der Waals surface area contributed by atoms with Gasteiger partial charge in [0.15, 0.2) is 5.34 Å². The fourth-order valence-corrected chi connectivity index (χ4v) is 1.57. The lowest BCUT2D eigenvalue weighted by molar-refractivity contribution is -0.137. The molecule has 6 nitrogen and oxygen atoms in total. The molecule has 0 radical (unpaired) electrons. The van der Waals surface area contributed by atoms with Gasteiger partial charge in [-0.1, -0.05) is 12.1 Å². The summed E-state index contributed by atoms with van der Waals surface area (Å²) in [5.41, 5.74) is 0.160. The molecule has 1 aromatic heterocycles. The van der Waals surface area contributed by atoms with Gasteiger partial charge in [-0.3, -0.25) is 4.98 Å². The summed E-state index contributed by atoms with van der Waals surface area (Å²) in [6, 6.07) is 5.82. The van der Waals surface area contributed by atoms with E-state index >= 15 is 0 Å². The number of hydrogen-bond acceptors (Lipinski definition) is 4. The normalized spacial score (nSPS) is 10.3. The van der Waals surface area contributed by atoms with Crippen LogP contribution in [-0.4, -0.2) is 21.3 Å². The van der Waals surface area contributed by atoms with Crippen molar-refractivity contribution in [3.63, 3.8) is 0 Å². The quantitative estimate of drug-likeness (QED) is 0.651. The Hall–Kier alpha value is -2.97. The average molecular weight is 314 g/mol. The maximum Gasteiger partial charge on any atom is 0.416 e. The number of pyridine rings is 1. The van der Waals surface area contributed by atoms with Crippen LogP contribution in [0.1, 0.15) is 15.9 Å². The molecule has 0 unspecified atom stereocenters. The predicted octanol–water partition coefficient (Wildman–Crippen LogP) is 3.61. The number of carboxylic acid groups (broad SMARTS) is 1. The molecule has 0 bridgehead atoms. The number of aromatic carboxylic acids is 1. The SMILES string of the molecule is O=C(O)c1cncc(-c2ccc(C(F)(F)F)cc2)c1.O=NO. The molecular weight excluding hydrogens is 305 g/mol. The van der Waals surface area contributed by atoms with Crippen molar-refractivity contribution in [1.29, 1.82) is 0 Å². The van der Waals surface area contributed by atoms with Gasteiger partial charge < -0.3 is 10.3 Å². The Balaban J connectivity index is 0.000000745. The van der Waals surface area contributed by atoms with Crippen LogP contribution >= 0.6 is 0 Å². The van der Waals surface area contributed by atoms with Gasteiger partial charge in [0.25, 0.3) is 0 Å². The van der Waals surface area contributed by atoms with E-state index in [-0.39, 0.29) is 5.56 Å². The summed E-state index contributed by atoms with van der Waals surface area (Å²) in [5, 5.41) is 16.7. The first-order chi connectivity index (χ1) is 10.3. The Morgan fingerprint density at radius 2 is 1.64 bits per heavy atom.